The average Bonchev–Trinajstić information content (AvgIpc) is 2.72. The van der Waals surface area contributed by atoms with Crippen molar-refractivity contribution >= 4 is 35.0 Å². The van der Waals surface area contributed by atoms with Gasteiger partial charge in [0, 0.05) is 5.69 Å². The number of rotatable bonds is 9. The van der Waals surface area contributed by atoms with Crippen LogP contribution in [0.25, 0.3) is 0 Å². The third-order valence-corrected chi connectivity index (χ3v) is 5.60. The zero-order chi connectivity index (χ0) is 20.5. The van der Waals surface area contributed by atoms with Crippen LogP contribution in [0.3, 0.4) is 0 Å². The molecule has 0 aromatic heterocycles. The molecule has 0 radical (unpaired) electrons. The fourth-order valence-electron chi connectivity index (χ4n) is 2.84. The van der Waals surface area contributed by atoms with E-state index in [9.17, 15) is 9.59 Å². The molecule has 1 atom stereocenters. The minimum Gasteiger partial charge on any atom is -0.495 e. The molecule has 150 valence electrons. The molecule has 5 nitrogen and oxygen atoms in total. The van der Waals surface area contributed by atoms with Crippen LogP contribution in [0.15, 0.2) is 42.5 Å². The van der Waals surface area contributed by atoms with Gasteiger partial charge < -0.3 is 15.4 Å². The van der Waals surface area contributed by atoms with E-state index in [1.165, 1.54) is 11.8 Å². The highest BCUT2D eigenvalue weighted by Gasteiger charge is 2.18. The highest BCUT2D eigenvalue weighted by atomic mass is 32.2. The van der Waals surface area contributed by atoms with Gasteiger partial charge in [-0.25, -0.2) is 0 Å². The summed E-state index contributed by atoms with van der Waals surface area (Å²) >= 11 is 1.31. The molecule has 0 aliphatic carbocycles. The van der Waals surface area contributed by atoms with Crippen molar-refractivity contribution in [2.24, 2.45) is 0 Å². The number of ether oxygens (including phenoxy) is 1. The summed E-state index contributed by atoms with van der Waals surface area (Å²) in [7, 11) is 1.56. The van der Waals surface area contributed by atoms with Crippen molar-refractivity contribution in [1.29, 1.82) is 0 Å². The Bertz CT molecular complexity index is 801. The first kappa shape index (κ1) is 21.8. The smallest absolute Gasteiger partial charge is 0.237 e. The molecule has 0 saturated carbocycles. The summed E-state index contributed by atoms with van der Waals surface area (Å²) in [6.45, 7) is 5.96. The van der Waals surface area contributed by atoms with E-state index in [-0.39, 0.29) is 22.8 Å². The number of amides is 2. The van der Waals surface area contributed by atoms with Crippen LogP contribution in [0.1, 0.15) is 31.9 Å². The molecule has 2 aromatic carbocycles. The van der Waals surface area contributed by atoms with Gasteiger partial charge in [-0.3, -0.25) is 9.59 Å². The molecule has 2 rings (SSSR count). The lowest BCUT2D eigenvalue weighted by Crippen LogP contribution is -2.26. The van der Waals surface area contributed by atoms with E-state index >= 15 is 0 Å². The van der Waals surface area contributed by atoms with Crippen molar-refractivity contribution in [3.8, 4) is 5.75 Å². The topological polar surface area (TPSA) is 67.4 Å². The van der Waals surface area contributed by atoms with Gasteiger partial charge in [-0.1, -0.05) is 44.2 Å². The van der Waals surface area contributed by atoms with Crippen LogP contribution in [0.5, 0.6) is 5.75 Å². The van der Waals surface area contributed by atoms with Crippen LogP contribution in [0, 0.1) is 0 Å². The second-order valence-corrected chi connectivity index (χ2v) is 7.68. The number of hydrogen-bond donors (Lipinski definition) is 2. The van der Waals surface area contributed by atoms with Gasteiger partial charge in [-0.2, -0.15) is 0 Å². The van der Waals surface area contributed by atoms with Gasteiger partial charge in [-0.05, 0) is 43.0 Å². The normalized spacial score (nSPS) is 11.6. The molecule has 0 aliphatic rings. The number of benzene rings is 2. The van der Waals surface area contributed by atoms with Crippen LogP contribution in [-0.2, 0) is 22.4 Å². The van der Waals surface area contributed by atoms with E-state index in [0.29, 0.717) is 11.4 Å². The molecule has 2 amide bonds. The molecule has 0 aliphatic heterocycles. The van der Waals surface area contributed by atoms with E-state index in [4.69, 9.17) is 4.74 Å². The summed E-state index contributed by atoms with van der Waals surface area (Å²) < 4.78 is 5.23. The molecule has 0 unspecified atom stereocenters. The van der Waals surface area contributed by atoms with E-state index in [1.54, 1.807) is 19.2 Å². The fourth-order valence-corrected chi connectivity index (χ4v) is 3.52. The maximum atomic E-state index is 12.6. The maximum Gasteiger partial charge on any atom is 0.237 e. The lowest BCUT2D eigenvalue weighted by molar-refractivity contribution is -0.115. The quantitative estimate of drug-likeness (QED) is 0.649. The highest BCUT2D eigenvalue weighted by Crippen LogP contribution is 2.25. The van der Waals surface area contributed by atoms with Crippen LogP contribution in [-0.4, -0.2) is 29.9 Å². The van der Waals surface area contributed by atoms with Crippen molar-refractivity contribution < 1.29 is 14.3 Å². The number of methoxy groups -OCH3 is 1. The van der Waals surface area contributed by atoms with Crippen molar-refractivity contribution in [1.82, 2.24) is 0 Å². The average molecular weight is 401 g/mol. The van der Waals surface area contributed by atoms with Gasteiger partial charge in [0.2, 0.25) is 11.8 Å². The number of carbonyl (C=O) groups excluding carboxylic acids is 2. The van der Waals surface area contributed by atoms with Gasteiger partial charge in [-0.15, -0.1) is 11.8 Å². The molecule has 2 aromatic rings. The third-order valence-electron chi connectivity index (χ3n) is 4.46. The van der Waals surface area contributed by atoms with E-state index < -0.39 is 0 Å². The summed E-state index contributed by atoms with van der Waals surface area (Å²) in [5, 5.41) is 5.54. The first-order valence-corrected chi connectivity index (χ1v) is 10.5. The van der Waals surface area contributed by atoms with E-state index in [1.807, 2.05) is 37.3 Å². The molecule has 0 saturated heterocycles. The SMILES string of the molecule is CCc1cccc(CC)c1NC(=O)[C@H](C)SCC(=O)Nc1ccccc1OC. The Morgan fingerprint density at radius 2 is 1.64 bits per heavy atom. The summed E-state index contributed by atoms with van der Waals surface area (Å²) in [6.07, 6.45) is 1.71. The van der Waals surface area contributed by atoms with Crippen LogP contribution < -0.4 is 15.4 Å². The van der Waals surface area contributed by atoms with Crippen molar-refractivity contribution in [3.05, 3.63) is 53.6 Å². The molecule has 0 fully saturated rings. The Labute approximate surface area is 171 Å². The zero-order valence-corrected chi connectivity index (χ0v) is 17.7. The minimum atomic E-state index is -0.349. The van der Waals surface area contributed by atoms with E-state index in [0.717, 1.165) is 29.7 Å². The first-order valence-electron chi connectivity index (χ1n) is 9.46. The zero-order valence-electron chi connectivity index (χ0n) is 16.9. The predicted molar refractivity (Wildman–Crippen MR) is 117 cm³/mol. The van der Waals surface area contributed by atoms with Crippen LogP contribution >= 0.6 is 11.8 Å². The number of anilines is 2. The molecule has 0 bridgehead atoms. The number of hydrogen-bond acceptors (Lipinski definition) is 4. The standard InChI is InChI=1S/C22H28N2O3S/c1-5-16-10-9-11-17(6-2)21(16)24-22(26)15(3)28-14-20(25)23-18-12-7-8-13-19(18)27-4/h7-13,15H,5-6,14H2,1-4H3,(H,23,25)(H,24,26)/t15-/m0/s1. The predicted octanol–water partition coefficient (Wildman–Crippen LogP) is 4.52. The fraction of sp³-hybridized carbons (Fsp3) is 0.364. The Kier molecular flexibility index (Phi) is 8.39. The minimum absolute atomic E-state index is 0.0920. The molecule has 2 N–H and O–H groups in total. The van der Waals surface area contributed by atoms with Gasteiger partial charge in [0.05, 0.1) is 23.8 Å². The first-order chi connectivity index (χ1) is 13.5. The van der Waals surface area contributed by atoms with E-state index in [2.05, 4.69) is 24.5 Å². The molecule has 0 heterocycles. The van der Waals surface area contributed by atoms with Crippen molar-refractivity contribution in [2.75, 3.05) is 23.5 Å². The van der Waals surface area contributed by atoms with Crippen LogP contribution in [0.2, 0.25) is 0 Å². The largest absolute Gasteiger partial charge is 0.495 e. The summed E-state index contributed by atoms with van der Waals surface area (Å²) in [5.74, 6) is 0.529. The maximum absolute atomic E-state index is 12.6. The number of carbonyl (C=O) groups is 2. The Morgan fingerprint density at radius 3 is 2.25 bits per heavy atom. The molecular formula is C22H28N2O3S. The summed E-state index contributed by atoms with van der Waals surface area (Å²) in [4.78, 5) is 24.9. The molecule has 6 heteroatoms. The number of aryl methyl sites for hydroxylation is 2. The number of para-hydroxylation sites is 3. The van der Waals surface area contributed by atoms with Crippen molar-refractivity contribution in [3.63, 3.8) is 0 Å². The van der Waals surface area contributed by atoms with Gasteiger partial charge >= 0.3 is 0 Å². The molecule has 0 spiro atoms. The highest BCUT2D eigenvalue weighted by molar-refractivity contribution is 8.01. The molecular weight excluding hydrogens is 372 g/mol. The Morgan fingerprint density at radius 1 is 1.00 bits per heavy atom. The third kappa shape index (κ3) is 5.76. The Hall–Kier alpha value is -2.47. The second-order valence-electron chi connectivity index (χ2n) is 6.35. The number of thioether (sulfide) groups is 1. The monoisotopic (exact) mass is 400 g/mol. The van der Waals surface area contributed by atoms with Gasteiger partial charge in [0.1, 0.15) is 5.75 Å². The Balaban J connectivity index is 1.93. The molecule has 28 heavy (non-hydrogen) atoms. The van der Waals surface area contributed by atoms with Crippen LogP contribution in [0.4, 0.5) is 11.4 Å². The lowest BCUT2D eigenvalue weighted by atomic mass is 10.0. The summed E-state index contributed by atoms with van der Waals surface area (Å²) in [6, 6.07) is 13.3. The van der Waals surface area contributed by atoms with Crippen molar-refractivity contribution in [2.45, 2.75) is 38.9 Å². The van der Waals surface area contributed by atoms with Gasteiger partial charge in [0.25, 0.3) is 0 Å². The number of nitrogens with one attached hydrogen (secondary N) is 2. The summed E-state index contributed by atoms with van der Waals surface area (Å²) in [5.41, 5.74) is 3.78. The second kappa shape index (κ2) is 10.8. The van der Waals surface area contributed by atoms with Gasteiger partial charge in [0.15, 0.2) is 0 Å². The lowest BCUT2D eigenvalue weighted by Gasteiger charge is -2.17.